The van der Waals surface area contributed by atoms with E-state index in [4.69, 9.17) is 0 Å². The van der Waals surface area contributed by atoms with Crippen molar-refractivity contribution in [3.63, 3.8) is 0 Å². The minimum absolute atomic E-state index is 0.416. The van der Waals surface area contributed by atoms with E-state index in [1.807, 2.05) is 29.9 Å². The second kappa shape index (κ2) is 3.71. The van der Waals surface area contributed by atoms with Gasteiger partial charge in [0.25, 0.3) is 0 Å². The van der Waals surface area contributed by atoms with Gasteiger partial charge in [-0.3, -0.25) is 0 Å². The van der Waals surface area contributed by atoms with Crippen LogP contribution in [0.25, 0.3) is 0 Å². The Balaban J connectivity index is 2.57. The Morgan fingerprint density at radius 1 is 1.75 bits per heavy atom. The van der Waals surface area contributed by atoms with Crippen LogP contribution in [-0.2, 0) is 16.7 Å². The summed E-state index contributed by atoms with van der Waals surface area (Å²) < 4.78 is 1.87. The number of hydrogen-bond donors (Lipinski definition) is 0. The molecule has 0 aliphatic carbocycles. The van der Waals surface area contributed by atoms with Crippen LogP contribution >= 0.6 is 0 Å². The first-order valence-corrected chi connectivity index (χ1v) is 3.52. The highest BCUT2D eigenvalue weighted by Gasteiger charge is 1.92. The van der Waals surface area contributed by atoms with E-state index in [-0.39, 0.29) is 0 Å². The van der Waals surface area contributed by atoms with E-state index in [1.165, 1.54) is 13.1 Å². The maximum absolute atomic E-state index is 10.3. The van der Waals surface area contributed by atoms with Crippen molar-refractivity contribution in [3.05, 3.63) is 24.0 Å². The van der Waals surface area contributed by atoms with E-state index in [9.17, 15) is 4.79 Å². The highest BCUT2D eigenvalue weighted by Crippen LogP contribution is 1.95. The third-order valence-corrected chi connectivity index (χ3v) is 1.35. The summed E-state index contributed by atoms with van der Waals surface area (Å²) in [6.45, 7) is 1.31. The van der Waals surface area contributed by atoms with E-state index in [2.05, 4.69) is 9.99 Å². The van der Waals surface area contributed by atoms with E-state index in [0.717, 1.165) is 5.69 Å². The molecule has 0 spiro atoms. The molecule has 1 heterocycles. The predicted octanol–water partition coefficient (Wildman–Crippen LogP) is 0.922. The summed E-state index contributed by atoms with van der Waals surface area (Å²) in [5.41, 5.74) is 0.885. The Labute approximate surface area is 70.4 Å². The molecular formula is C8H10N2O2. The molecule has 0 unspecified atom stereocenters. The summed E-state index contributed by atoms with van der Waals surface area (Å²) in [5.74, 6) is -0.416. The zero-order valence-corrected chi connectivity index (χ0v) is 7.02. The zero-order chi connectivity index (χ0) is 8.97. The molecule has 12 heavy (non-hydrogen) atoms. The lowest BCUT2D eigenvalue weighted by Gasteiger charge is -1.93. The molecule has 1 aromatic rings. The summed E-state index contributed by atoms with van der Waals surface area (Å²) in [6.07, 6.45) is 3.37. The highest BCUT2D eigenvalue weighted by molar-refractivity contribution is 5.77. The molecule has 0 saturated carbocycles. The molecule has 0 saturated heterocycles. The Morgan fingerprint density at radius 3 is 3.00 bits per heavy atom. The van der Waals surface area contributed by atoms with Gasteiger partial charge in [0.1, 0.15) is 0 Å². The average molecular weight is 166 g/mol. The first-order chi connectivity index (χ1) is 5.70. The first-order valence-electron chi connectivity index (χ1n) is 3.52. The fourth-order valence-electron chi connectivity index (χ4n) is 0.763. The SMILES string of the molecule is CC(=O)O/N=C/c1cccn1C. The molecule has 1 aromatic heterocycles. The summed E-state index contributed by atoms with van der Waals surface area (Å²) in [6, 6.07) is 3.75. The van der Waals surface area contributed by atoms with Gasteiger partial charge in [0.15, 0.2) is 0 Å². The molecule has 4 nitrogen and oxygen atoms in total. The van der Waals surface area contributed by atoms with E-state index >= 15 is 0 Å². The molecule has 4 heteroatoms. The van der Waals surface area contributed by atoms with Crippen LogP contribution in [0.3, 0.4) is 0 Å². The molecule has 0 aromatic carbocycles. The highest BCUT2D eigenvalue weighted by atomic mass is 16.7. The lowest BCUT2D eigenvalue weighted by molar-refractivity contribution is -0.140. The van der Waals surface area contributed by atoms with Gasteiger partial charge in [0.2, 0.25) is 0 Å². The van der Waals surface area contributed by atoms with Gasteiger partial charge < -0.3 is 9.40 Å². The molecule has 0 amide bonds. The van der Waals surface area contributed by atoms with E-state index < -0.39 is 5.97 Å². The Kier molecular flexibility index (Phi) is 2.63. The van der Waals surface area contributed by atoms with Gasteiger partial charge in [-0.05, 0) is 12.1 Å². The summed E-state index contributed by atoms with van der Waals surface area (Å²) >= 11 is 0. The Morgan fingerprint density at radius 2 is 2.50 bits per heavy atom. The van der Waals surface area contributed by atoms with Crippen molar-refractivity contribution in [3.8, 4) is 0 Å². The molecule has 1 rings (SSSR count). The van der Waals surface area contributed by atoms with Crippen molar-refractivity contribution in [1.82, 2.24) is 4.57 Å². The monoisotopic (exact) mass is 166 g/mol. The van der Waals surface area contributed by atoms with Gasteiger partial charge in [-0.15, -0.1) is 0 Å². The minimum Gasteiger partial charge on any atom is -0.350 e. The lowest BCUT2D eigenvalue weighted by atomic mass is 10.5. The number of aromatic nitrogens is 1. The van der Waals surface area contributed by atoms with Crippen LogP contribution in [0, 0.1) is 0 Å². The molecule has 0 aliphatic heterocycles. The second-order valence-electron chi connectivity index (χ2n) is 2.36. The van der Waals surface area contributed by atoms with Gasteiger partial charge in [-0.1, -0.05) is 5.16 Å². The van der Waals surface area contributed by atoms with E-state index in [1.54, 1.807) is 0 Å². The molecule has 0 N–H and O–H groups in total. The topological polar surface area (TPSA) is 43.6 Å². The van der Waals surface area contributed by atoms with Gasteiger partial charge in [0, 0.05) is 20.2 Å². The fourth-order valence-corrected chi connectivity index (χ4v) is 0.763. The van der Waals surface area contributed by atoms with Crippen molar-refractivity contribution in [2.24, 2.45) is 12.2 Å². The number of nitrogens with zero attached hydrogens (tertiary/aromatic N) is 2. The largest absolute Gasteiger partial charge is 0.350 e. The number of oxime groups is 1. The molecule has 64 valence electrons. The normalized spacial score (nSPS) is 10.5. The lowest BCUT2D eigenvalue weighted by Crippen LogP contribution is -1.95. The molecule has 0 fully saturated rings. The van der Waals surface area contributed by atoms with Gasteiger partial charge in [0.05, 0.1) is 11.9 Å². The molecule has 0 bridgehead atoms. The maximum Gasteiger partial charge on any atom is 0.331 e. The summed E-state index contributed by atoms with van der Waals surface area (Å²) in [4.78, 5) is 14.7. The third kappa shape index (κ3) is 2.23. The van der Waals surface area contributed by atoms with Crippen LogP contribution in [-0.4, -0.2) is 16.8 Å². The second-order valence-corrected chi connectivity index (χ2v) is 2.36. The van der Waals surface area contributed by atoms with Crippen LogP contribution < -0.4 is 0 Å². The van der Waals surface area contributed by atoms with Crippen LogP contribution in [0.15, 0.2) is 23.5 Å². The molecule has 0 atom stereocenters. The quantitative estimate of drug-likeness (QED) is 0.372. The number of carbonyl (C=O) groups is 1. The van der Waals surface area contributed by atoms with Crippen LogP contribution in [0.1, 0.15) is 12.6 Å². The fraction of sp³-hybridized carbons (Fsp3) is 0.250. The number of carbonyl (C=O) groups excluding carboxylic acids is 1. The third-order valence-electron chi connectivity index (χ3n) is 1.35. The Bertz CT molecular complexity index is 302. The van der Waals surface area contributed by atoms with Crippen molar-refractivity contribution < 1.29 is 9.63 Å². The summed E-state index contributed by atoms with van der Waals surface area (Å²) in [7, 11) is 1.88. The zero-order valence-electron chi connectivity index (χ0n) is 7.02. The van der Waals surface area contributed by atoms with Crippen molar-refractivity contribution in [2.45, 2.75) is 6.92 Å². The van der Waals surface area contributed by atoms with Gasteiger partial charge >= 0.3 is 5.97 Å². The van der Waals surface area contributed by atoms with Crippen molar-refractivity contribution in [2.75, 3.05) is 0 Å². The van der Waals surface area contributed by atoms with Gasteiger partial charge in [-0.2, -0.15) is 0 Å². The predicted molar refractivity (Wildman–Crippen MR) is 44.8 cm³/mol. The van der Waals surface area contributed by atoms with Crippen LogP contribution in [0.5, 0.6) is 0 Å². The van der Waals surface area contributed by atoms with E-state index in [0.29, 0.717) is 0 Å². The van der Waals surface area contributed by atoms with Crippen molar-refractivity contribution >= 4 is 12.2 Å². The van der Waals surface area contributed by atoms with Gasteiger partial charge in [-0.25, -0.2) is 4.79 Å². The molecule has 0 radical (unpaired) electrons. The number of hydrogen-bond acceptors (Lipinski definition) is 3. The molecule has 0 aliphatic rings. The van der Waals surface area contributed by atoms with Crippen LogP contribution in [0.2, 0.25) is 0 Å². The van der Waals surface area contributed by atoms with Crippen LogP contribution in [0.4, 0.5) is 0 Å². The first kappa shape index (κ1) is 8.52. The summed E-state index contributed by atoms with van der Waals surface area (Å²) in [5, 5.41) is 3.48. The van der Waals surface area contributed by atoms with Crippen molar-refractivity contribution in [1.29, 1.82) is 0 Å². The average Bonchev–Trinajstić information content (AvgIpc) is 2.36. The minimum atomic E-state index is -0.416. The maximum atomic E-state index is 10.3. The molecular weight excluding hydrogens is 156 g/mol. The Hall–Kier alpha value is -1.58. The standard InChI is InChI=1S/C8H10N2O2/c1-7(11)12-9-6-8-4-3-5-10(8)2/h3-6H,1-2H3/b9-6+. The number of rotatable bonds is 2. The smallest absolute Gasteiger partial charge is 0.331 e. The number of aryl methyl sites for hydroxylation is 1.